The summed E-state index contributed by atoms with van der Waals surface area (Å²) >= 11 is 1.07. The van der Waals surface area contributed by atoms with Gasteiger partial charge in [-0.3, -0.25) is 0 Å². The van der Waals surface area contributed by atoms with Gasteiger partial charge in [0.2, 0.25) is 0 Å². The van der Waals surface area contributed by atoms with Gasteiger partial charge in [0, 0.05) is 0 Å². The average Bonchev–Trinajstić information content (AvgIpc) is 2.67. The van der Waals surface area contributed by atoms with Crippen LogP contribution in [-0.2, 0) is 4.74 Å². The molecule has 0 unspecified atom stereocenters. The average molecular weight is 170 g/mol. The smallest absolute Gasteiger partial charge is 0.351 e. The highest BCUT2D eigenvalue weighted by Crippen LogP contribution is 2.24. The van der Waals surface area contributed by atoms with Gasteiger partial charge in [-0.25, -0.2) is 4.79 Å². The van der Waals surface area contributed by atoms with Gasteiger partial charge in [0.15, 0.2) is 4.88 Å². The zero-order chi connectivity index (χ0) is 7.68. The Morgan fingerprint density at radius 2 is 2.55 bits per heavy atom. The normalized spacial score (nSPS) is 16.4. The van der Waals surface area contributed by atoms with Crippen molar-refractivity contribution in [2.75, 3.05) is 0 Å². The molecule has 0 aromatic carbocycles. The van der Waals surface area contributed by atoms with Crippen molar-refractivity contribution in [1.29, 1.82) is 0 Å². The summed E-state index contributed by atoms with van der Waals surface area (Å²) in [6.45, 7) is 0. The van der Waals surface area contributed by atoms with Gasteiger partial charge in [0.25, 0.3) is 0 Å². The van der Waals surface area contributed by atoms with Crippen molar-refractivity contribution in [2.24, 2.45) is 0 Å². The van der Waals surface area contributed by atoms with Crippen molar-refractivity contribution in [3.05, 3.63) is 11.1 Å². The largest absolute Gasteiger partial charge is 0.458 e. The molecule has 0 aliphatic heterocycles. The maximum Gasteiger partial charge on any atom is 0.351 e. The van der Waals surface area contributed by atoms with Gasteiger partial charge in [0.1, 0.15) is 6.10 Å². The number of ether oxygens (including phenoxy) is 1. The van der Waals surface area contributed by atoms with Crippen LogP contribution in [0.2, 0.25) is 0 Å². The minimum atomic E-state index is -0.289. The third-order valence-electron chi connectivity index (χ3n) is 1.36. The predicted molar refractivity (Wildman–Crippen MR) is 38.3 cm³/mol. The van der Waals surface area contributed by atoms with Crippen molar-refractivity contribution in [1.82, 2.24) is 9.59 Å². The van der Waals surface area contributed by atoms with Crippen LogP contribution in [0.3, 0.4) is 0 Å². The van der Waals surface area contributed by atoms with Gasteiger partial charge in [-0.1, -0.05) is 4.49 Å². The number of carbonyl (C=O) groups excluding carboxylic acids is 1. The lowest BCUT2D eigenvalue weighted by atomic mass is 10.6. The molecular formula is C6H6N2O2S. The number of hydrogen-bond donors (Lipinski definition) is 0. The Morgan fingerprint density at radius 1 is 1.73 bits per heavy atom. The number of hydrogen-bond acceptors (Lipinski definition) is 5. The Hall–Kier alpha value is -0.970. The number of aromatic nitrogens is 2. The summed E-state index contributed by atoms with van der Waals surface area (Å²) < 4.78 is 8.56. The summed E-state index contributed by atoms with van der Waals surface area (Å²) in [6, 6.07) is 0. The van der Waals surface area contributed by atoms with Gasteiger partial charge >= 0.3 is 5.97 Å². The van der Waals surface area contributed by atoms with Crippen LogP contribution in [0, 0.1) is 0 Å². The van der Waals surface area contributed by atoms with Crippen molar-refractivity contribution in [3.8, 4) is 0 Å². The van der Waals surface area contributed by atoms with Crippen molar-refractivity contribution in [2.45, 2.75) is 18.9 Å². The van der Waals surface area contributed by atoms with E-state index in [-0.39, 0.29) is 12.1 Å². The topological polar surface area (TPSA) is 52.1 Å². The molecule has 5 heteroatoms. The van der Waals surface area contributed by atoms with Crippen LogP contribution in [0.5, 0.6) is 0 Å². The maximum absolute atomic E-state index is 11.1. The van der Waals surface area contributed by atoms with E-state index in [0.29, 0.717) is 4.88 Å². The van der Waals surface area contributed by atoms with E-state index >= 15 is 0 Å². The first-order chi connectivity index (χ1) is 5.36. The van der Waals surface area contributed by atoms with Crippen LogP contribution in [0.25, 0.3) is 0 Å². The van der Waals surface area contributed by atoms with Crippen molar-refractivity contribution in [3.63, 3.8) is 0 Å². The Morgan fingerprint density at radius 3 is 3.09 bits per heavy atom. The van der Waals surface area contributed by atoms with E-state index in [9.17, 15) is 4.79 Å². The number of rotatable bonds is 2. The van der Waals surface area contributed by atoms with Gasteiger partial charge in [-0.15, -0.1) is 5.10 Å². The highest BCUT2D eigenvalue weighted by molar-refractivity contribution is 7.07. The number of carbonyl (C=O) groups is 1. The van der Waals surface area contributed by atoms with Gasteiger partial charge in [-0.2, -0.15) is 0 Å². The van der Waals surface area contributed by atoms with Gasteiger partial charge in [-0.05, 0) is 24.4 Å². The fraction of sp³-hybridized carbons (Fsp3) is 0.500. The molecule has 0 radical (unpaired) electrons. The molecule has 11 heavy (non-hydrogen) atoms. The summed E-state index contributed by atoms with van der Waals surface area (Å²) in [4.78, 5) is 11.5. The minimum Gasteiger partial charge on any atom is -0.458 e. The molecule has 1 aromatic rings. The molecule has 1 aliphatic carbocycles. The monoisotopic (exact) mass is 170 g/mol. The molecule has 0 spiro atoms. The van der Waals surface area contributed by atoms with E-state index < -0.39 is 0 Å². The summed E-state index contributed by atoms with van der Waals surface area (Å²) in [5, 5.41) is 3.54. The quantitative estimate of drug-likeness (QED) is 0.617. The Bertz CT molecular complexity index is 256. The zero-order valence-corrected chi connectivity index (χ0v) is 6.50. The summed E-state index contributed by atoms with van der Waals surface area (Å²) in [6.07, 6.45) is 3.58. The molecule has 2 rings (SSSR count). The molecule has 1 saturated carbocycles. The molecule has 58 valence electrons. The summed E-state index contributed by atoms with van der Waals surface area (Å²) in [5.41, 5.74) is 0. The molecular weight excluding hydrogens is 164 g/mol. The molecule has 0 bridgehead atoms. The van der Waals surface area contributed by atoms with Gasteiger partial charge in [0.05, 0.1) is 6.20 Å². The van der Waals surface area contributed by atoms with Crippen LogP contribution in [0.4, 0.5) is 0 Å². The first kappa shape index (κ1) is 6.72. The third-order valence-corrected chi connectivity index (χ3v) is 2.01. The molecule has 0 atom stereocenters. The zero-order valence-electron chi connectivity index (χ0n) is 5.69. The molecule has 1 fully saturated rings. The van der Waals surface area contributed by atoms with E-state index in [1.807, 2.05) is 0 Å². The van der Waals surface area contributed by atoms with Crippen molar-refractivity contribution >= 4 is 17.5 Å². The molecule has 1 aliphatic rings. The van der Waals surface area contributed by atoms with Crippen LogP contribution >= 0.6 is 11.5 Å². The highest BCUT2D eigenvalue weighted by atomic mass is 32.1. The Kier molecular flexibility index (Phi) is 1.58. The molecule has 4 nitrogen and oxygen atoms in total. The van der Waals surface area contributed by atoms with Crippen LogP contribution in [0.15, 0.2) is 6.20 Å². The van der Waals surface area contributed by atoms with E-state index in [1.54, 1.807) is 0 Å². The SMILES string of the molecule is O=C(OC1CC1)c1cnns1. The third kappa shape index (κ3) is 1.54. The lowest BCUT2D eigenvalue weighted by Gasteiger charge is -1.96. The van der Waals surface area contributed by atoms with Crippen LogP contribution in [0.1, 0.15) is 22.5 Å². The van der Waals surface area contributed by atoms with Crippen molar-refractivity contribution < 1.29 is 9.53 Å². The van der Waals surface area contributed by atoms with E-state index in [0.717, 1.165) is 24.4 Å². The summed E-state index contributed by atoms with van der Waals surface area (Å²) in [7, 11) is 0. The maximum atomic E-state index is 11.1. The number of nitrogens with zero attached hydrogens (tertiary/aromatic N) is 2. The molecule has 0 saturated heterocycles. The molecule has 0 N–H and O–H groups in total. The highest BCUT2D eigenvalue weighted by Gasteiger charge is 2.27. The molecule has 0 amide bonds. The summed E-state index contributed by atoms with van der Waals surface area (Å²) in [5.74, 6) is -0.289. The molecule has 1 heterocycles. The lowest BCUT2D eigenvalue weighted by Crippen LogP contribution is -2.04. The first-order valence-electron chi connectivity index (χ1n) is 3.34. The van der Waals surface area contributed by atoms with E-state index in [4.69, 9.17) is 4.74 Å². The van der Waals surface area contributed by atoms with E-state index in [1.165, 1.54) is 6.20 Å². The standard InChI is InChI=1S/C6H6N2O2S/c9-6(10-4-1-2-4)5-3-7-8-11-5/h3-4H,1-2H2. The predicted octanol–water partition coefficient (Wildman–Crippen LogP) is 0.857. The number of esters is 1. The van der Waals surface area contributed by atoms with Crippen LogP contribution < -0.4 is 0 Å². The Labute approximate surface area is 67.3 Å². The van der Waals surface area contributed by atoms with Gasteiger partial charge < -0.3 is 4.74 Å². The van der Waals surface area contributed by atoms with E-state index in [2.05, 4.69) is 9.59 Å². The fourth-order valence-corrected chi connectivity index (χ4v) is 1.05. The second-order valence-corrected chi connectivity index (χ2v) is 3.17. The lowest BCUT2D eigenvalue weighted by molar-refractivity contribution is 0.0478. The fourth-order valence-electron chi connectivity index (χ4n) is 0.652. The van der Waals surface area contributed by atoms with Crippen LogP contribution in [-0.4, -0.2) is 21.7 Å². The Balaban J connectivity index is 1.99. The second-order valence-electron chi connectivity index (χ2n) is 2.39. The first-order valence-corrected chi connectivity index (χ1v) is 4.12. The minimum absolute atomic E-state index is 0.157. The molecule has 1 aromatic heterocycles. The second kappa shape index (κ2) is 2.58.